The number of hydrogen-bond donors (Lipinski definition) is 1. The van der Waals surface area contributed by atoms with E-state index >= 15 is 0 Å². The molecule has 0 amide bonds. The van der Waals surface area contributed by atoms with Crippen molar-refractivity contribution in [2.45, 2.75) is 51.1 Å². The van der Waals surface area contributed by atoms with Gasteiger partial charge in [0.25, 0.3) is 8.48 Å². The zero-order valence-corrected chi connectivity index (χ0v) is 10.4. The third-order valence-electron chi connectivity index (χ3n) is 3.55. The van der Waals surface area contributed by atoms with Crippen LogP contribution in [0.3, 0.4) is 0 Å². The third-order valence-corrected chi connectivity index (χ3v) is 8.76. The van der Waals surface area contributed by atoms with Gasteiger partial charge in [-0.3, -0.25) is 0 Å². The third kappa shape index (κ3) is 1.83. The van der Waals surface area contributed by atoms with Crippen molar-refractivity contribution in [3.63, 3.8) is 0 Å². The van der Waals surface area contributed by atoms with Gasteiger partial charge in [0.05, 0.1) is 0 Å². The largest absolute Gasteiger partial charge is 0.403 e. The molecule has 0 aromatic carbocycles. The zero-order chi connectivity index (χ0) is 9.90. The number of rotatable bonds is 4. The van der Waals surface area contributed by atoms with Gasteiger partial charge in [0.1, 0.15) is 0 Å². The van der Waals surface area contributed by atoms with Gasteiger partial charge in [0.2, 0.25) is 0 Å². The van der Waals surface area contributed by atoms with Crippen molar-refractivity contribution in [2.75, 3.05) is 13.7 Å². The molecule has 0 bridgehead atoms. The minimum atomic E-state index is -1.59. The van der Waals surface area contributed by atoms with E-state index in [9.17, 15) is 0 Å². The fraction of sp³-hybridized carbons (Fsp3) is 1.00. The first-order valence-corrected chi connectivity index (χ1v) is 7.60. The Morgan fingerprint density at radius 3 is 2.54 bits per heavy atom. The van der Waals surface area contributed by atoms with Gasteiger partial charge in [-0.15, -0.1) is 0 Å². The molecular weight excluding hydrogens is 178 g/mol. The first kappa shape index (κ1) is 11.2. The highest BCUT2D eigenvalue weighted by molar-refractivity contribution is 6.74. The summed E-state index contributed by atoms with van der Waals surface area (Å²) in [6, 6.07) is 0. The van der Waals surface area contributed by atoms with Gasteiger partial charge < -0.3 is 9.41 Å². The van der Waals surface area contributed by atoms with Crippen LogP contribution < -0.4 is 4.98 Å². The molecule has 3 heteroatoms. The standard InChI is InChI=1S/C10H23NOSi/c1-5-10-8-7-9(3)13(10,11-4)12-6-2/h9-11H,5-8H2,1-4H3. The second-order valence-electron chi connectivity index (χ2n) is 4.06. The lowest BCUT2D eigenvalue weighted by Gasteiger charge is -2.35. The van der Waals surface area contributed by atoms with Crippen LogP contribution in [0.25, 0.3) is 0 Å². The molecule has 0 radical (unpaired) electrons. The molecule has 0 saturated carbocycles. The lowest BCUT2D eigenvalue weighted by molar-refractivity contribution is 0.300. The fourth-order valence-corrected chi connectivity index (χ4v) is 7.46. The van der Waals surface area contributed by atoms with Gasteiger partial charge in [-0.05, 0) is 37.9 Å². The summed E-state index contributed by atoms with van der Waals surface area (Å²) < 4.78 is 6.08. The summed E-state index contributed by atoms with van der Waals surface area (Å²) in [6.07, 6.45) is 3.99. The molecule has 13 heavy (non-hydrogen) atoms. The quantitative estimate of drug-likeness (QED) is 0.706. The highest BCUT2D eigenvalue weighted by Crippen LogP contribution is 2.46. The van der Waals surface area contributed by atoms with E-state index in [0.29, 0.717) is 0 Å². The average molecular weight is 201 g/mol. The normalized spacial score (nSPS) is 39.7. The molecule has 2 nitrogen and oxygen atoms in total. The van der Waals surface area contributed by atoms with Crippen molar-refractivity contribution in [1.29, 1.82) is 0 Å². The maximum Gasteiger partial charge on any atom is 0.274 e. The molecule has 0 aromatic rings. The van der Waals surface area contributed by atoms with E-state index in [-0.39, 0.29) is 0 Å². The van der Waals surface area contributed by atoms with Crippen LogP contribution >= 0.6 is 0 Å². The molecule has 1 N–H and O–H groups in total. The SMILES string of the molecule is CCO[Si]1(NC)C(C)CCC1CC. The molecule has 1 fully saturated rings. The number of nitrogens with one attached hydrogen (secondary N) is 1. The first-order chi connectivity index (χ1) is 6.21. The summed E-state index contributed by atoms with van der Waals surface area (Å²) in [5.41, 5.74) is 1.61. The van der Waals surface area contributed by atoms with E-state index in [1.54, 1.807) is 0 Å². The number of hydrogen-bond acceptors (Lipinski definition) is 2. The average Bonchev–Trinajstić information content (AvgIpc) is 2.45. The monoisotopic (exact) mass is 201 g/mol. The lowest BCUT2D eigenvalue weighted by atomic mass is 10.2. The highest BCUT2D eigenvalue weighted by Gasteiger charge is 2.50. The molecule has 1 rings (SSSR count). The van der Waals surface area contributed by atoms with Crippen LogP contribution in [0, 0.1) is 0 Å². The summed E-state index contributed by atoms with van der Waals surface area (Å²) in [5.74, 6) is 0. The van der Waals surface area contributed by atoms with Crippen molar-refractivity contribution in [3.05, 3.63) is 0 Å². The van der Waals surface area contributed by atoms with Crippen LogP contribution in [-0.4, -0.2) is 22.1 Å². The van der Waals surface area contributed by atoms with E-state index in [0.717, 1.165) is 17.7 Å². The lowest BCUT2D eigenvalue weighted by Crippen LogP contribution is -2.55. The van der Waals surface area contributed by atoms with Crippen molar-refractivity contribution in [2.24, 2.45) is 0 Å². The van der Waals surface area contributed by atoms with Gasteiger partial charge >= 0.3 is 0 Å². The van der Waals surface area contributed by atoms with Gasteiger partial charge in [0.15, 0.2) is 0 Å². The molecule has 78 valence electrons. The molecule has 0 aromatic heterocycles. The van der Waals surface area contributed by atoms with E-state index in [1.165, 1.54) is 19.3 Å². The summed E-state index contributed by atoms with van der Waals surface area (Å²) in [6.45, 7) is 7.63. The van der Waals surface area contributed by atoms with E-state index < -0.39 is 8.48 Å². The smallest absolute Gasteiger partial charge is 0.274 e. The second-order valence-corrected chi connectivity index (χ2v) is 8.24. The van der Waals surface area contributed by atoms with Crippen molar-refractivity contribution in [1.82, 2.24) is 4.98 Å². The minimum Gasteiger partial charge on any atom is -0.403 e. The minimum absolute atomic E-state index is 0.780. The Balaban J connectivity index is 2.77. The van der Waals surface area contributed by atoms with Gasteiger partial charge in [-0.25, -0.2) is 0 Å². The Kier molecular flexibility index (Phi) is 3.95. The Morgan fingerprint density at radius 1 is 1.38 bits per heavy atom. The summed E-state index contributed by atoms with van der Waals surface area (Å²) in [5, 5.41) is 0. The molecule has 1 heterocycles. The van der Waals surface area contributed by atoms with Crippen molar-refractivity contribution < 1.29 is 4.43 Å². The molecule has 0 spiro atoms. The van der Waals surface area contributed by atoms with E-state index in [4.69, 9.17) is 4.43 Å². The molecular formula is C10H23NOSi. The molecule has 1 aliphatic heterocycles. The first-order valence-electron chi connectivity index (χ1n) is 5.54. The Hall–Kier alpha value is 0.137. The molecule has 1 aliphatic rings. The zero-order valence-electron chi connectivity index (χ0n) is 9.39. The van der Waals surface area contributed by atoms with Crippen molar-refractivity contribution in [3.8, 4) is 0 Å². The molecule has 3 unspecified atom stereocenters. The van der Waals surface area contributed by atoms with Crippen LogP contribution in [0.1, 0.15) is 40.0 Å². The van der Waals surface area contributed by atoms with E-state index in [2.05, 4.69) is 32.8 Å². The Bertz CT molecular complexity index is 165. The molecule has 3 atom stereocenters. The molecule has 0 aliphatic carbocycles. The van der Waals surface area contributed by atoms with Crippen LogP contribution in [0.2, 0.25) is 11.1 Å². The predicted octanol–water partition coefficient (Wildman–Crippen LogP) is 2.65. The van der Waals surface area contributed by atoms with Gasteiger partial charge in [-0.1, -0.05) is 20.3 Å². The van der Waals surface area contributed by atoms with E-state index in [1.807, 2.05) is 0 Å². The van der Waals surface area contributed by atoms with Crippen LogP contribution in [0.15, 0.2) is 0 Å². The topological polar surface area (TPSA) is 21.3 Å². The Morgan fingerprint density at radius 2 is 2.08 bits per heavy atom. The van der Waals surface area contributed by atoms with Crippen LogP contribution in [0.5, 0.6) is 0 Å². The van der Waals surface area contributed by atoms with Crippen LogP contribution in [-0.2, 0) is 4.43 Å². The highest BCUT2D eigenvalue weighted by atomic mass is 28.4. The van der Waals surface area contributed by atoms with Gasteiger partial charge in [-0.2, -0.15) is 0 Å². The molecule has 1 saturated heterocycles. The maximum atomic E-state index is 6.08. The van der Waals surface area contributed by atoms with Crippen LogP contribution in [0.4, 0.5) is 0 Å². The van der Waals surface area contributed by atoms with Gasteiger partial charge in [0, 0.05) is 6.61 Å². The second kappa shape index (κ2) is 4.58. The maximum absolute atomic E-state index is 6.08. The summed E-state index contributed by atoms with van der Waals surface area (Å²) >= 11 is 0. The fourth-order valence-electron chi connectivity index (χ4n) is 2.81. The predicted molar refractivity (Wildman–Crippen MR) is 59.1 cm³/mol. The Labute approximate surface area is 83.3 Å². The van der Waals surface area contributed by atoms with Crippen molar-refractivity contribution >= 4 is 8.48 Å². The summed E-state index contributed by atoms with van der Waals surface area (Å²) in [4.78, 5) is 3.55. The summed E-state index contributed by atoms with van der Waals surface area (Å²) in [7, 11) is 0.501.